The summed E-state index contributed by atoms with van der Waals surface area (Å²) in [7, 11) is 0. The molecule has 2 aromatic heterocycles. The summed E-state index contributed by atoms with van der Waals surface area (Å²) in [5.41, 5.74) is 0.632. The van der Waals surface area contributed by atoms with Gasteiger partial charge in [0.2, 0.25) is 11.8 Å². The van der Waals surface area contributed by atoms with Crippen LogP contribution < -0.4 is 5.32 Å². The molecular weight excluding hydrogens is 318 g/mol. The summed E-state index contributed by atoms with van der Waals surface area (Å²) < 4.78 is 1.65. The van der Waals surface area contributed by atoms with Gasteiger partial charge in [-0.2, -0.15) is 5.10 Å². The highest BCUT2D eigenvalue weighted by Gasteiger charge is 2.38. The molecule has 1 saturated heterocycles. The van der Waals surface area contributed by atoms with E-state index in [0.717, 1.165) is 12.8 Å². The molecule has 0 radical (unpaired) electrons. The lowest BCUT2D eigenvalue weighted by molar-refractivity contribution is -0.129. The Kier molecular flexibility index (Phi) is 4.21. The first kappa shape index (κ1) is 15.8. The zero-order valence-electron chi connectivity index (χ0n) is 14.0. The van der Waals surface area contributed by atoms with Crippen molar-refractivity contribution in [2.75, 3.05) is 11.9 Å². The van der Waals surface area contributed by atoms with E-state index in [1.54, 1.807) is 29.2 Å². The van der Waals surface area contributed by atoms with Crippen molar-refractivity contribution in [3.63, 3.8) is 0 Å². The number of amides is 2. The van der Waals surface area contributed by atoms with Crippen LogP contribution in [0.1, 0.15) is 32.1 Å². The van der Waals surface area contributed by atoms with Crippen molar-refractivity contribution >= 4 is 17.5 Å². The number of anilines is 1. The summed E-state index contributed by atoms with van der Waals surface area (Å²) in [5, 5.41) is 7.00. The van der Waals surface area contributed by atoms with E-state index in [-0.39, 0.29) is 17.7 Å². The maximum absolute atomic E-state index is 12.5. The molecule has 0 unspecified atom stereocenters. The van der Waals surface area contributed by atoms with Gasteiger partial charge in [0, 0.05) is 31.4 Å². The second-order valence-electron chi connectivity index (χ2n) is 6.73. The van der Waals surface area contributed by atoms with Gasteiger partial charge in [-0.1, -0.05) is 12.8 Å². The van der Waals surface area contributed by atoms with Crippen LogP contribution in [-0.4, -0.2) is 44.1 Å². The van der Waals surface area contributed by atoms with Crippen molar-refractivity contribution in [3.8, 4) is 5.82 Å². The summed E-state index contributed by atoms with van der Waals surface area (Å²) in [5.74, 6) is 0.409. The van der Waals surface area contributed by atoms with E-state index >= 15 is 0 Å². The summed E-state index contributed by atoms with van der Waals surface area (Å²) >= 11 is 0. The van der Waals surface area contributed by atoms with Crippen molar-refractivity contribution < 1.29 is 9.59 Å². The van der Waals surface area contributed by atoms with Gasteiger partial charge < -0.3 is 10.2 Å². The predicted octanol–water partition coefficient (Wildman–Crippen LogP) is 2.00. The van der Waals surface area contributed by atoms with Gasteiger partial charge in [0.05, 0.1) is 17.8 Å². The molecule has 7 heteroatoms. The number of nitrogens with zero attached hydrogens (tertiary/aromatic N) is 4. The van der Waals surface area contributed by atoms with E-state index in [4.69, 9.17) is 0 Å². The third-order valence-corrected chi connectivity index (χ3v) is 5.05. The maximum atomic E-state index is 12.5. The molecule has 1 aliphatic heterocycles. The number of pyridine rings is 1. The van der Waals surface area contributed by atoms with Gasteiger partial charge in [-0.15, -0.1) is 0 Å². The van der Waals surface area contributed by atoms with Crippen molar-refractivity contribution in [3.05, 3.63) is 36.8 Å². The first-order valence-electron chi connectivity index (χ1n) is 8.77. The van der Waals surface area contributed by atoms with E-state index in [1.807, 2.05) is 17.2 Å². The van der Waals surface area contributed by atoms with E-state index in [9.17, 15) is 9.59 Å². The fourth-order valence-corrected chi connectivity index (χ4v) is 3.72. The van der Waals surface area contributed by atoms with Crippen LogP contribution in [0.4, 0.5) is 5.69 Å². The minimum Gasteiger partial charge on any atom is -0.339 e. The molecule has 2 aromatic rings. The Bertz CT molecular complexity index is 750. The number of likely N-dealkylation sites (tertiary alicyclic amines) is 1. The first-order chi connectivity index (χ1) is 12.2. The predicted molar refractivity (Wildman–Crippen MR) is 92.1 cm³/mol. The summed E-state index contributed by atoms with van der Waals surface area (Å²) in [4.78, 5) is 30.9. The normalized spacial score (nSPS) is 21.0. The number of hydrogen-bond donors (Lipinski definition) is 1. The van der Waals surface area contributed by atoms with Gasteiger partial charge in [0.15, 0.2) is 5.82 Å². The Labute approximate surface area is 146 Å². The second kappa shape index (κ2) is 6.66. The average Bonchev–Trinajstić information content (AvgIpc) is 3.37. The third kappa shape index (κ3) is 3.26. The van der Waals surface area contributed by atoms with Crippen LogP contribution in [0, 0.1) is 5.92 Å². The van der Waals surface area contributed by atoms with Crippen LogP contribution in [0.25, 0.3) is 5.82 Å². The minimum atomic E-state index is -0.279. The van der Waals surface area contributed by atoms with Crippen LogP contribution in [0.3, 0.4) is 0 Å². The summed E-state index contributed by atoms with van der Waals surface area (Å²) in [6.45, 7) is 0.536. The highest BCUT2D eigenvalue weighted by molar-refractivity contribution is 5.97. The number of carbonyl (C=O) groups is 2. The molecule has 2 fully saturated rings. The largest absolute Gasteiger partial charge is 0.339 e. The van der Waals surface area contributed by atoms with E-state index < -0.39 is 0 Å². The van der Waals surface area contributed by atoms with Gasteiger partial charge in [-0.3, -0.25) is 9.59 Å². The molecule has 0 spiro atoms. The van der Waals surface area contributed by atoms with Crippen molar-refractivity contribution in [1.82, 2.24) is 19.7 Å². The molecule has 1 saturated carbocycles. The van der Waals surface area contributed by atoms with Gasteiger partial charge in [-0.05, 0) is 31.0 Å². The Morgan fingerprint density at radius 3 is 2.76 bits per heavy atom. The number of rotatable bonds is 4. The van der Waals surface area contributed by atoms with Gasteiger partial charge in [0.25, 0.3) is 0 Å². The molecule has 130 valence electrons. The zero-order valence-corrected chi connectivity index (χ0v) is 14.0. The summed E-state index contributed by atoms with van der Waals surface area (Å²) in [6, 6.07) is 5.76. The Morgan fingerprint density at radius 1 is 1.24 bits per heavy atom. The standard InChI is InChI=1S/C18H21N5O2/c24-17-10-13(12-22(17)15-4-1-2-5-15)18(25)21-14-6-7-16(19-11-14)23-9-3-8-20-23/h3,6-9,11,13,15H,1-2,4-5,10,12H2,(H,21,25)/t13-/m1/s1. The molecule has 25 heavy (non-hydrogen) atoms. The minimum absolute atomic E-state index is 0.109. The SMILES string of the molecule is O=C(Nc1ccc(-n2cccn2)nc1)[C@@H]1CC(=O)N(C2CCCC2)C1. The average molecular weight is 339 g/mol. The highest BCUT2D eigenvalue weighted by atomic mass is 16.2. The maximum Gasteiger partial charge on any atom is 0.229 e. The van der Waals surface area contributed by atoms with E-state index in [1.165, 1.54) is 12.8 Å². The first-order valence-corrected chi connectivity index (χ1v) is 8.77. The molecule has 2 amide bonds. The van der Waals surface area contributed by atoms with Gasteiger partial charge >= 0.3 is 0 Å². The molecule has 0 aromatic carbocycles. The van der Waals surface area contributed by atoms with Crippen LogP contribution in [0.2, 0.25) is 0 Å². The fourth-order valence-electron chi connectivity index (χ4n) is 3.72. The van der Waals surface area contributed by atoms with Crippen molar-refractivity contribution in [2.24, 2.45) is 5.92 Å². The fraction of sp³-hybridized carbons (Fsp3) is 0.444. The van der Waals surface area contributed by atoms with Crippen LogP contribution in [0.5, 0.6) is 0 Å². The number of hydrogen-bond acceptors (Lipinski definition) is 4. The molecule has 2 aliphatic rings. The van der Waals surface area contributed by atoms with E-state index in [0.29, 0.717) is 30.5 Å². The quantitative estimate of drug-likeness (QED) is 0.924. The molecule has 3 heterocycles. The van der Waals surface area contributed by atoms with E-state index in [2.05, 4.69) is 15.4 Å². The smallest absolute Gasteiger partial charge is 0.229 e. The lowest BCUT2D eigenvalue weighted by Crippen LogP contribution is -2.35. The molecular formula is C18H21N5O2. The Hall–Kier alpha value is -2.70. The topological polar surface area (TPSA) is 80.1 Å². The molecule has 1 aliphatic carbocycles. The molecule has 0 bridgehead atoms. The van der Waals surface area contributed by atoms with Crippen molar-refractivity contribution in [2.45, 2.75) is 38.1 Å². The van der Waals surface area contributed by atoms with Crippen molar-refractivity contribution in [1.29, 1.82) is 0 Å². The zero-order chi connectivity index (χ0) is 17.2. The lowest BCUT2D eigenvalue weighted by Gasteiger charge is -2.23. The van der Waals surface area contributed by atoms with Gasteiger partial charge in [-0.25, -0.2) is 9.67 Å². The summed E-state index contributed by atoms with van der Waals surface area (Å²) in [6.07, 6.45) is 9.91. The van der Waals surface area contributed by atoms with Crippen LogP contribution in [0.15, 0.2) is 36.8 Å². The molecule has 1 N–H and O–H groups in total. The molecule has 4 rings (SSSR count). The number of carbonyl (C=O) groups excluding carboxylic acids is 2. The van der Waals surface area contributed by atoms with Gasteiger partial charge in [0.1, 0.15) is 0 Å². The van der Waals surface area contributed by atoms with Crippen LogP contribution >= 0.6 is 0 Å². The number of nitrogens with one attached hydrogen (secondary N) is 1. The third-order valence-electron chi connectivity index (χ3n) is 5.05. The monoisotopic (exact) mass is 339 g/mol. The Balaban J connectivity index is 1.38. The molecule has 7 nitrogen and oxygen atoms in total. The van der Waals surface area contributed by atoms with Crippen LogP contribution in [-0.2, 0) is 9.59 Å². The lowest BCUT2D eigenvalue weighted by atomic mass is 10.1. The Morgan fingerprint density at radius 2 is 2.08 bits per heavy atom. The second-order valence-corrected chi connectivity index (χ2v) is 6.73. The molecule has 1 atom stereocenters. The highest BCUT2D eigenvalue weighted by Crippen LogP contribution is 2.29. The number of aromatic nitrogens is 3.